The van der Waals surface area contributed by atoms with Crippen LogP contribution in [-0.2, 0) is 0 Å². The smallest absolute Gasteiger partial charge is 0.245 e. The van der Waals surface area contributed by atoms with Crippen LogP contribution in [0.3, 0.4) is 0 Å². The van der Waals surface area contributed by atoms with Crippen molar-refractivity contribution in [2.24, 2.45) is 0 Å². The van der Waals surface area contributed by atoms with Gasteiger partial charge in [0.25, 0.3) is 0 Å². The second-order valence-electron chi connectivity index (χ2n) is 3.32. The van der Waals surface area contributed by atoms with Gasteiger partial charge < -0.3 is 0 Å². The van der Waals surface area contributed by atoms with Crippen LogP contribution in [0.4, 0.5) is 0 Å². The van der Waals surface area contributed by atoms with E-state index in [0.717, 1.165) is 5.65 Å². The Labute approximate surface area is 87.7 Å². The normalized spacial score (nSPS) is 11.8. The zero-order valence-electron chi connectivity index (χ0n) is 7.90. The third-order valence-corrected chi connectivity index (χ3v) is 2.37. The molecule has 7 heteroatoms. The van der Waals surface area contributed by atoms with Crippen LogP contribution in [0.15, 0.2) is 29.0 Å². The minimum Gasteiger partial charge on any atom is -0.283 e. The molecule has 4 rings (SSSR count). The van der Waals surface area contributed by atoms with Gasteiger partial charge in [-0.25, -0.2) is 14.6 Å². The molecule has 0 aliphatic heterocycles. The van der Waals surface area contributed by atoms with Crippen LogP contribution in [0.2, 0.25) is 0 Å². The Bertz CT molecular complexity index is 816. The number of nitrogens with zero attached hydrogens (tertiary/aromatic N) is 6. The molecule has 0 saturated heterocycles. The van der Waals surface area contributed by atoms with Crippen molar-refractivity contribution in [3.63, 3.8) is 0 Å². The molecule has 0 saturated carbocycles. The van der Waals surface area contributed by atoms with Crippen molar-refractivity contribution >= 4 is 28.2 Å². The highest BCUT2D eigenvalue weighted by Crippen LogP contribution is 2.14. The summed E-state index contributed by atoms with van der Waals surface area (Å²) in [5.74, 6) is 0. The summed E-state index contributed by atoms with van der Waals surface area (Å²) in [4.78, 5) is 12.8. The van der Waals surface area contributed by atoms with E-state index in [-0.39, 0.29) is 0 Å². The van der Waals surface area contributed by atoms with Crippen LogP contribution in [0.1, 0.15) is 0 Å². The van der Waals surface area contributed by atoms with Gasteiger partial charge >= 0.3 is 0 Å². The van der Waals surface area contributed by atoms with Crippen molar-refractivity contribution in [1.29, 1.82) is 0 Å². The second-order valence-corrected chi connectivity index (χ2v) is 3.32. The van der Waals surface area contributed by atoms with Gasteiger partial charge in [0.1, 0.15) is 5.65 Å². The van der Waals surface area contributed by atoms with Gasteiger partial charge in [-0.1, -0.05) is 6.07 Å². The Kier molecular flexibility index (Phi) is 1.21. The zero-order chi connectivity index (χ0) is 10.5. The van der Waals surface area contributed by atoms with E-state index in [1.165, 1.54) is 0 Å². The SMILES string of the molecule is c1ccn2c(c1)nc1nc3nonc3nc12. The lowest BCUT2D eigenvalue weighted by molar-refractivity contribution is 0.314. The van der Waals surface area contributed by atoms with Crippen LogP contribution in [0, 0.1) is 0 Å². The third kappa shape index (κ3) is 0.842. The van der Waals surface area contributed by atoms with E-state index in [4.69, 9.17) is 0 Å². The fourth-order valence-electron chi connectivity index (χ4n) is 1.67. The van der Waals surface area contributed by atoms with E-state index in [0.29, 0.717) is 22.6 Å². The van der Waals surface area contributed by atoms with Gasteiger partial charge in [-0.05, 0) is 22.4 Å². The summed E-state index contributed by atoms with van der Waals surface area (Å²) in [5.41, 5.74) is 2.74. The van der Waals surface area contributed by atoms with E-state index in [9.17, 15) is 0 Å². The topological polar surface area (TPSA) is 82.0 Å². The van der Waals surface area contributed by atoms with Crippen LogP contribution in [0.25, 0.3) is 28.2 Å². The van der Waals surface area contributed by atoms with Gasteiger partial charge in [-0.2, -0.15) is 4.98 Å². The molecule has 76 valence electrons. The number of hydrogen-bond acceptors (Lipinski definition) is 6. The Morgan fingerprint density at radius 2 is 1.81 bits per heavy atom. The first-order valence-electron chi connectivity index (χ1n) is 4.65. The van der Waals surface area contributed by atoms with Gasteiger partial charge in [0, 0.05) is 6.20 Å². The maximum Gasteiger partial charge on any atom is 0.245 e. The number of aromatic nitrogens is 6. The largest absolute Gasteiger partial charge is 0.283 e. The van der Waals surface area contributed by atoms with Crippen LogP contribution in [0.5, 0.6) is 0 Å². The number of imidazole rings is 1. The highest BCUT2D eigenvalue weighted by molar-refractivity contribution is 5.80. The van der Waals surface area contributed by atoms with Crippen molar-refractivity contribution in [3.05, 3.63) is 24.4 Å². The summed E-state index contributed by atoms with van der Waals surface area (Å²) in [6.45, 7) is 0. The monoisotopic (exact) mass is 212 g/mol. The standard InChI is InChI=1S/C9H4N6O/c1-2-4-15-5(3-1)10-8-9(15)12-7-6(11-8)13-16-14-7/h1-4H. The fraction of sp³-hybridized carbons (Fsp3) is 0. The van der Waals surface area contributed by atoms with Crippen molar-refractivity contribution in [1.82, 2.24) is 29.7 Å². The molecule has 0 bridgehead atoms. The maximum absolute atomic E-state index is 4.56. The Balaban J connectivity index is 2.32. The molecule has 7 nitrogen and oxygen atoms in total. The molecule has 16 heavy (non-hydrogen) atoms. The van der Waals surface area contributed by atoms with E-state index in [1.807, 2.05) is 28.8 Å². The molecule has 0 spiro atoms. The van der Waals surface area contributed by atoms with Crippen molar-refractivity contribution in [2.75, 3.05) is 0 Å². The predicted octanol–water partition coefficient (Wildman–Crippen LogP) is 0.814. The molecule has 0 N–H and O–H groups in total. The molecular weight excluding hydrogens is 208 g/mol. The third-order valence-electron chi connectivity index (χ3n) is 2.37. The van der Waals surface area contributed by atoms with Crippen LogP contribution >= 0.6 is 0 Å². The number of rotatable bonds is 0. The first-order valence-corrected chi connectivity index (χ1v) is 4.65. The molecule has 4 heterocycles. The van der Waals surface area contributed by atoms with Gasteiger partial charge in [0.05, 0.1) is 0 Å². The summed E-state index contributed by atoms with van der Waals surface area (Å²) >= 11 is 0. The predicted molar refractivity (Wildman–Crippen MR) is 53.7 cm³/mol. The lowest BCUT2D eigenvalue weighted by Crippen LogP contribution is -1.88. The molecule has 0 radical (unpaired) electrons. The average molecular weight is 212 g/mol. The zero-order valence-corrected chi connectivity index (χ0v) is 7.90. The first-order chi connectivity index (χ1) is 7.92. The van der Waals surface area contributed by atoms with E-state index < -0.39 is 0 Å². The average Bonchev–Trinajstić information content (AvgIpc) is 2.88. The summed E-state index contributed by atoms with van der Waals surface area (Å²) in [7, 11) is 0. The molecule has 4 aromatic rings. The molecule has 0 fully saturated rings. The summed E-state index contributed by atoms with van der Waals surface area (Å²) in [6, 6.07) is 5.70. The maximum atomic E-state index is 4.56. The highest BCUT2D eigenvalue weighted by atomic mass is 16.6. The summed E-state index contributed by atoms with van der Waals surface area (Å²) in [6.07, 6.45) is 1.87. The molecule has 0 atom stereocenters. The summed E-state index contributed by atoms with van der Waals surface area (Å²) < 4.78 is 6.40. The van der Waals surface area contributed by atoms with E-state index in [1.54, 1.807) is 0 Å². The second kappa shape index (κ2) is 2.51. The van der Waals surface area contributed by atoms with Gasteiger partial charge in [-0.15, -0.1) is 0 Å². The Morgan fingerprint density at radius 1 is 0.938 bits per heavy atom. The molecular formula is C9H4N6O. The van der Waals surface area contributed by atoms with Crippen molar-refractivity contribution in [3.8, 4) is 0 Å². The highest BCUT2D eigenvalue weighted by Gasteiger charge is 2.11. The van der Waals surface area contributed by atoms with E-state index in [2.05, 4.69) is 29.9 Å². The van der Waals surface area contributed by atoms with E-state index >= 15 is 0 Å². The fourth-order valence-corrected chi connectivity index (χ4v) is 1.67. The first kappa shape index (κ1) is 7.69. The Hall–Kier alpha value is -2.57. The van der Waals surface area contributed by atoms with Gasteiger partial charge in [0.15, 0.2) is 5.65 Å². The lowest BCUT2D eigenvalue weighted by atomic mass is 10.5. The quantitative estimate of drug-likeness (QED) is 0.429. The number of fused-ring (bicyclic) bond motifs is 4. The van der Waals surface area contributed by atoms with Gasteiger partial charge in [0.2, 0.25) is 16.9 Å². The number of hydrogen-bond donors (Lipinski definition) is 0. The molecule has 0 amide bonds. The molecule has 0 aliphatic carbocycles. The van der Waals surface area contributed by atoms with Crippen molar-refractivity contribution in [2.45, 2.75) is 0 Å². The van der Waals surface area contributed by atoms with Crippen LogP contribution in [-0.4, -0.2) is 29.7 Å². The minimum absolute atomic E-state index is 0.371. The van der Waals surface area contributed by atoms with Crippen molar-refractivity contribution < 1.29 is 4.63 Å². The Morgan fingerprint density at radius 3 is 2.75 bits per heavy atom. The minimum atomic E-state index is 0.371. The number of pyridine rings is 1. The molecule has 0 aliphatic rings. The lowest BCUT2D eigenvalue weighted by Gasteiger charge is -1.90. The van der Waals surface area contributed by atoms with Crippen LogP contribution < -0.4 is 0 Å². The van der Waals surface area contributed by atoms with Gasteiger partial charge in [-0.3, -0.25) is 4.40 Å². The molecule has 0 aromatic carbocycles. The molecule has 4 aromatic heterocycles. The molecule has 0 unspecified atom stereocenters. The summed E-state index contributed by atoms with van der Waals surface area (Å²) in [5, 5.41) is 7.28.